The normalized spacial score (nSPS) is 47.3. The van der Waals surface area contributed by atoms with Gasteiger partial charge in [0, 0.05) is 12.5 Å². The van der Waals surface area contributed by atoms with Crippen LogP contribution in [-0.4, -0.2) is 64.8 Å². The maximum atomic E-state index is 12.6. The van der Waals surface area contributed by atoms with Crippen molar-refractivity contribution in [2.75, 3.05) is 12.3 Å². The van der Waals surface area contributed by atoms with Gasteiger partial charge in [0.15, 0.2) is 0 Å². The lowest BCUT2D eigenvalue weighted by Gasteiger charge is -2.65. The highest BCUT2D eigenvalue weighted by Gasteiger charge is 2.67. The van der Waals surface area contributed by atoms with Gasteiger partial charge in [0.25, 0.3) is 10.1 Å². The Bertz CT molecular complexity index is 958. The van der Waals surface area contributed by atoms with Crippen LogP contribution in [0.4, 0.5) is 0 Å². The largest absolute Gasteiger partial charge is 0.393 e. The predicted molar refractivity (Wildman–Crippen MR) is 141 cm³/mol. The highest BCUT2D eigenvalue weighted by molar-refractivity contribution is 7.85. The van der Waals surface area contributed by atoms with Gasteiger partial charge < -0.3 is 20.6 Å². The minimum atomic E-state index is -4.12. The maximum absolute atomic E-state index is 12.6. The molecule has 0 radical (unpaired) electrons. The highest BCUT2D eigenvalue weighted by atomic mass is 32.2. The van der Waals surface area contributed by atoms with Gasteiger partial charge in [-0.15, -0.1) is 0 Å². The first-order chi connectivity index (χ1) is 17.1. The average Bonchev–Trinajstić information content (AvgIpc) is 3.16. The van der Waals surface area contributed by atoms with E-state index >= 15 is 0 Å². The third-order valence-corrected chi connectivity index (χ3v) is 12.6. The lowest BCUT2D eigenvalue weighted by molar-refractivity contribution is -0.225. The van der Waals surface area contributed by atoms with Gasteiger partial charge in [-0.2, -0.15) is 8.42 Å². The van der Waals surface area contributed by atoms with Crippen molar-refractivity contribution in [3.63, 3.8) is 0 Å². The number of nitrogens with one attached hydrogen (secondary N) is 1. The van der Waals surface area contributed by atoms with E-state index < -0.39 is 28.1 Å². The number of aliphatic hydroxyl groups excluding tert-OH is 3. The van der Waals surface area contributed by atoms with Gasteiger partial charge in [0.2, 0.25) is 5.91 Å². The van der Waals surface area contributed by atoms with Crippen molar-refractivity contribution in [2.24, 2.45) is 58.2 Å². The van der Waals surface area contributed by atoms with Crippen molar-refractivity contribution in [3.8, 4) is 0 Å². The summed E-state index contributed by atoms with van der Waals surface area (Å²) >= 11 is 0. The Hall–Kier alpha value is -0.740. The molecule has 13 atom stereocenters. The van der Waals surface area contributed by atoms with Gasteiger partial charge in [0.05, 0.1) is 24.1 Å². The van der Waals surface area contributed by atoms with Crippen LogP contribution in [-0.2, 0) is 14.9 Å². The zero-order valence-electron chi connectivity index (χ0n) is 23.1. The molecule has 214 valence electrons. The zero-order chi connectivity index (χ0) is 27.5. The van der Waals surface area contributed by atoms with Crippen LogP contribution in [0.2, 0.25) is 0 Å². The van der Waals surface area contributed by atoms with Crippen molar-refractivity contribution in [1.29, 1.82) is 0 Å². The molecule has 4 unspecified atom stereocenters. The molecule has 0 aromatic carbocycles. The molecule has 0 spiro atoms. The van der Waals surface area contributed by atoms with Crippen LogP contribution in [0.1, 0.15) is 79.6 Å². The van der Waals surface area contributed by atoms with Gasteiger partial charge in [-0.1, -0.05) is 34.6 Å². The van der Waals surface area contributed by atoms with E-state index in [9.17, 15) is 28.5 Å². The minimum absolute atomic E-state index is 0.0171. The summed E-state index contributed by atoms with van der Waals surface area (Å²) in [4.78, 5) is 12.6. The molecule has 0 heterocycles. The topological polar surface area (TPSA) is 144 Å². The van der Waals surface area contributed by atoms with Crippen molar-refractivity contribution in [1.82, 2.24) is 5.32 Å². The Morgan fingerprint density at radius 1 is 1.03 bits per heavy atom. The summed E-state index contributed by atoms with van der Waals surface area (Å²) in [6.07, 6.45) is 4.49. The molecule has 0 aliphatic heterocycles. The molecule has 4 saturated carbocycles. The van der Waals surface area contributed by atoms with E-state index in [1.165, 1.54) is 0 Å². The maximum Gasteiger partial charge on any atom is 0.266 e. The fourth-order valence-corrected chi connectivity index (χ4v) is 10.2. The number of hydrogen-bond acceptors (Lipinski definition) is 6. The molecule has 8 nitrogen and oxygen atoms in total. The van der Waals surface area contributed by atoms with E-state index in [-0.39, 0.29) is 76.7 Å². The molecule has 1 amide bonds. The van der Waals surface area contributed by atoms with Crippen LogP contribution in [0.25, 0.3) is 0 Å². The second kappa shape index (κ2) is 10.3. The quantitative estimate of drug-likeness (QED) is 0.311. The molecule has 4 rings (SSSR count). The lowest BCUT2D eigenvalue weighted by atomic mass is 9.41. The number of rotatable bonds is 7. The molecule has 0 saturated heterocycles. The van der Waals surface area contributed by atoms with E-state index in [1.807, 2.05) is 6.92 Å². The van der Waals surface area contributed by atoms with E-state index in [0.29, 0.717) is 12.8 Å². The number of hydrogen-bond donors (Lipinski definition) is 5. The van der Waals surface area contributed by atoms with Crippen LogP contribution >= 0.6 is 0 Å². The molecule has 37 heavy (non-hydrogen) atoms. The molecular weight excluding hydrogens is 494 g/mol. The van der Waals surface area contributed by atoms with Crippen molar-refractivity contribution in [3.05, 3.63) is 0 Å². The summed E-state index contributed by atoms with van der Waals surface area (Å²) in [7, 11) is -4.12. The average molecular weight is 544 g/mol. The van der Waals surface area contributed by atoms with Gasteiger partial charge in [-0.05, 0) is 97.2 Å². The molecular formula is C28H49NO7S. The summed E-state index contributed by atoms with van der Waals surface area (Å²) in [6, 6.07) is 0. The second-order valence-electron chi connectivity index (χ2n) is 13.7. The van der Waals surface area contributed by atoms with Crippen molar-refractivity contribution < 1.29 is 33.1 Å². The monoisotopic (exact) mass is 543 g/mol. The van der Waals surface area contributed by atoms with E-state index in [4.69, 9.17) is 4.55 Å². The Kier molecular flexibility index (Phi) is 8.18. The molecule has 0 bridgehead atoms. The number of carbonyl (C=O) groups is 1. The Balaban J connectivity index is 1.49. The predicted octanol–water partition coefficient (Wildman–Crippen LogP) is 2.86. The zero-order valence-corrected chi connectivity index (χ0v) is 24.0. The fourth-order valence-electron chi connectivity index (χ4n) is 9.89. The summed E-state index contributed by atoms with van der Waals surface area (Å²) in [5.74, 6) is 0.327. The standard InChI is InChI=1S/C28H49NO7S/c1-15(12-16(2)26(33)29-10-11-37(34,35)36)19-6-7-20-24-22(14-23(31)28(19,20)5)27(4)9-8-18(30)13-21(27)17(3)25(24)32/h15-25,30-32H,6-14H2,1-5H3,(H,29,33)(H,34,35,36)/t15-,16+,17-,18-,19-,20?,21?,22?,23+,24?,25-,27+,28-/m1/s1. The first kappa shape index (κ1) is 29.2. The minimum Gasteiger partial charge on any atom is -0.393 e. The number of fused-ring (bicyclic) bond motifs is 5. The molecule has 5 N–H and O–H groups in total. The van der Waals surface area contributed by atoms with Crippen LogP contribution in [0, 0.1) is 58.2 Å². The van der Waals surface area contributed by atoms with Crippen LogP contribution in [0.15, 0.2) is 0 Å². The first-order valence-electron chi connectivity index (χ1n) is 14.4. The summed E-state index contributed by atoms with van der Waals surface area (Å²) in [5.41, 5.74) is -0.316. The highest BCUT2D eigenvalue weighted by Crippen LogP contribution is 2.69. The summed E-state index contributed by atoms with van der Waals surface area (Å²) in [5, 5.41) is 36.4. The molecule has 4 aliphatic rings. The Labute approximate surface area is 222 Å². The van der Waals surface area contributed by atoms with Crippen LogP contribution in [0.5, 0.6) is 0 Å². The third kappa shape index (κ3) is 5.12. The first-order valence-corrected chi connectivity index (χ1v) is 16.0. The molecule has 4 aliphatic carbocycles. The number of amides is 1. The van der Waals surface area contributed by atoms with E-state index in [2.05, 4.69) is 33.0 Å². The molecule has 9 heteroatoms. The van der Waals surface area contributed by atoms with Crippen molar-refractivity contribution >= 4 is 16.0 Å². The van der Waals surface area contributed by atoms with Gasteiger partial charge >= 0.3 is 0 Å². The Morgan fingerprint density at radius 3 is 2.35 bits per heavy atom. The van der Waals surface area contributed by atoms with Gasteiger partial charge in [0.1, 0.15) is 0 Å². The number of aliphatic hydroxyl groups is 3. The van der Waals surface area contributed by atoms with Gasteiger partial charge in [-0.3, -0.25) is 9.35 Å². The van der Waals surface area contributed by atoms with Crippen LogP contribution in [0.3, 0.4) is 0 Å². The van der Waals surface area contributed by atoms with Crippen LogP contribution < -0.4 is 5.32 Å². The van der Waals surface area contributed by atoms with Crippen molar-refractivity contribution in [2.45, 2.75) is 97.9 Å². The van der Waals surface area contributed by atoms with E-state index in [1.54, 1.807) is 0 Å². The molecule has 0 aromatic rings. The van der Waals surface area contributed by atoms with E-state index in [0.717, 1.165) is 32.1 Å². The molecule has 0 aromatic heterocycles. The summed E-state index contributed by atoms with van der Waals surface area (Å²) < 4.78 is 30.8. The summed E-state index contributed by atoms with van der Waals surface area (Å²) in [6.45, 7) is 10.6. The second-order valence-corrected chi connectivity index (χ2v) is 15.2. The smallest absolute Gasteiger partial charge is 0.266 e. The SMILES string of the molecule is C[C@H](C[C@H](C)C(=O)NCCS(=O)(=O)O)[C@H]1CCC2C3C(C[C@H](O)[C@@]21C)[C@@]1(C)CC[C@@H](O)CC1[C@@H](C)[C@H]3O. The lowest BCUT2D eigenvalue weighted by Crippen LogP contribution is -2.64. The number of carbonyl (C=O) groups excluding carboxylic acids is 1. The Morgan fingerprint density at radius 2 is 1.70 bits per heavy atom. The third-order valence-electron chi connectivity index (χ3n) is 11.8. The van der Waals surface area contributed by atoms with Gasteiger partial charge in [-0.25, -0.2) is 0 Å². The fraction of sp³-hybridized carbons (Fsp3) is 0.964. The molecule has 4 fully saturated rings.